The number of hydrogen-bond acceptors (Lipinski definition) is 2. The first kappa shape index (κ1) is 7.97. The number of nitrogens with zero attached hydrogens (tertiary/aromatic N) is 1. The Bertz CT molecular complexity index is 159. The Labute approximate surface area is 69.4 Å². The van der Waals surface area contributed by atoms with Crippen molar-refractivity contribution >= 4 is 7.64 Å². The highest BCUT2D eigenvalue weighted by Crippen LogP contribution is 2.68. The van der Waals surface area contributed by atoms with Gasteiger partial charge in [0, 0.05) is 12.5 Å². The quantitative estimate of drug-likeness (QED) is 0.519. The molecule has 0 aromatic rings. The van der Waals surface area contributed by atoms with Crippen LogP contribution < -0.4 is 0 Å². The molecule has 3 atom stereocenters. The third kappa shape index (κ3) is 1.22. The molecule has 0 radical (unpaired) electrons. The second kappa shape index (κ2) is 2.42. The molecule has 2 aliphatic heterocycles. The summed E-state index contributed by atoms with van der Waals surface area (Å²) in [7, 11) is -1.06. The van der Waals surface area contributed by atoms with Gasteiger partial charge in [0.2, 0.25) is 7.64 Å². The maximum Gasteiger partial charge on any atom is 0.213 e. The first-order valence-electron chi connectivity index (χ1n) is 4.39. The van der Waals surface area contributed by atoms with Gasteiger partial charge in [0.05, 0.1) is 13.2 Å². The van der Waals surface area contributed by atoms with Crippen LogP contribution in [0.1, 0.15) is 13.8 Å². The molecule has 2 aliphatic rings. The lowest BCUT2D eigenvalue weighted by molar-refractivity contribution is 0.264. The van der Waals surface area contributed by atoms with Crippen LogP contribution in [0.3, 0.4) is 0 Å². The Hall–Kier alpha value is 0.350. The fourth-order valence-electron chi connectivity index (χ4n) is 2.36. The molecule has 0 amide bonds. The smallest absolute Gasteiger partial charge is 0.213 e. The summed E-state index contributed by atoms with van der Waals surface area (Å²) in [4.78, 5) is 0. The van der Waals surface area contributed by atoms with E-state index in [1.807, 2.05) is 0 Å². The van der Waals surface area contributed by atoms with Crippen LogP contribution in [-0.2, 0) is 4.52 Å². The van der Waals surface area contributed by atoms with Crippen molar-refractivity contribution in [2.24, 2.45) is 5.92 Å². The topological polar surface area (TPSA) is 12.5 Å². The van der Waals surface area contributed by atoms with Gasteiger partial charge in [-0.3, -0.25) is 0 Å². The van der Waals surface area contributed by atoms with E-state index >= 15 is 0 Å². The van der Waals surface area contributed by atoms with E-state index in [1.165, 1.54) is 19.3 Å². The van der Waals surface area contributed by atoms with Crippen molar-refractivity contribution in [3.63, 3.8) is 0 Å². The third-order valence-corrected chi connectivity index (χ3v) is 6.28. The minimum atomic E-state index is -1.06. The zero-order valence-electron chi connectivity index (χ0n) is 7.58. The zero-order chi connectivity index (χ0) is 8.06. The van der Waals surface area contributed by atoms with Gasteiger partial charge >= 0.3 is 0 Å². The van der Waals surface area contributed by atoms with E-state index in [2.05, 4.69) is 25.2 Å². The standard InChI is InChI=1S/C8H17NOP/c1-7-4-9-5-8(2)10-11(9,3)6-7/h7-8H,4-6H2,1-3H3/q+1. The predicted octanol–water partition coefficient (Wildman–Crippen LogP) is 1.83. The first-order chi connectivity index (χ1) is 5.10. The van der Waals surface area contributed by atoms with Crippen LogP contribution in [0.25, 0.3) is 0 Å². The molecule has 2 nitrogen and oxygen atoms in total. The minimum absolute atomic E-state index is 0.487. The fraction of sp³-hybridized carbons (Fsp3) is 1.00. The molecule has 2 rings (SSSR count). The van der Waals surface area contributed by atoms with Gasteiger partial charge in [0.25, 0.3) is 0 Å². The highest BCUT2D eigenvalue weighted by Gasteiger charge is 2.55. The lowest BCUT2D eigenvalue weighted by atomic mass is 10.2. The van der Waals surface area contributed by atoms with Crippen molar-refractivity contribution < 1.29 is 4.52 Å². The largest absolute Gasteiger partial charge is 0.215 e. The predicted molar refractivity (Wildman–Crippen MR) is 49.0 cm³/mol. The molecule has 2 fully saturated rings. The van der Waals surface area contributed by atoms with Gasteiger partial charge < -0.3 is 0 Å². The average Bonchev–Trinajstić information content (AvgIpc) is 2.16. The lowest BCUT2D eigenvalue weighted by Crippen LogP contribution is -2.18. The van der Waals surface area contributed by atoms with Crippen molar-refractivity contribution in [3.8, 4) is 0 Å². The van der Waals surface area contributed by atoms with Crippen molar-refractivity contribution in [1.82, 2.24) is 4.67 Å². The molecule has 3 heteroatoms. The second-order valence-electron chi connectivity index (χ2n) is 4.13. The van der Waals surface area contributed by atoms with E-state index in [-0.39, 0.29) is 0 Å². The lowest BCUT2D eigenvalue weighted by Gasteiger charge is -2.14. The van der Waals surface area contributed by atoms with Crippen LogP contribution in [0.5, 0.6) is 0 Å². The fourth-order valence-corrected chi connectivity index (χ4v) is 6.12. The summed E-state index contributed by atoms with van der Waals surface area (Å²) >= 11 is 0. The Morgan fingerprint density at radius 2 is 2.09 bits per heavy atom. The zero-order valence-corrected chi connectivity index (χ0v) is 8.47. The summed E-state index contributed by atoms with van der Waals surface area (Å²) in [6, 6.07) is 0. The van der Waals surface area contributed by atoms with E-state index in [0.29, 0.717) is 6.10 Å². The van der Waals surface area contributed by atoms with Gasteiger partial charge in [-0.05, 0) is 6.92 Å². The Morgan fingerprint density at radius 3 is 2.73 bits per heavy atom. The van der Waals surface area contributed by atoms with Crippen LogP contribution in [0, 0.1) is 5.92 Å². The molecule has 0 saturated carbocycles. The van der Waals surface area contributed by atoms with Gasteiger partial charge in [0.1, 0.15) is 12.3 Å². The van der Waals surface area contributed by atoms with E-state index < -0.39 is 7.64 Å². The summed E-state index contributed by atoms with van der Waals surface area (Å²) in [5.41, 5.74) is 0. The van der Waals surface area contributed by atoms with E-state index in [1.54, 1.807) is 0 Å². The molecule has 11 heavy (non-hydrogen) atoms. The van der Waals surface area contributed by atoms with Crippen LogP contribution in [0.4, 0.5) is 0 Å². The molecule has 2 saturated heterocycles. The third-order valence-electron chi connectivity index (χ3n) is 2.65. The molecule has 0 aromatic heterocycles. The molecule has 0 bridgehead atoms. The molecule has 0 aromatic carbocycles. The maximum absolute atomic E-state index is 5.98. The van der Waals surface area contributed by atoms with Crippen LogP contribution in [0.2, 0.25) is 0 Å². The van der Waals surface area contributed by atoms with Gasteiger partial charge in [-0.2, -0.15) is 4.67 Å². The van der Waals surface area contributed by atoms with E-state index in [9.17, 15) is 0 Å². The molecule has 64 valence electrons. The normalized spacial score (nSPS) is 51.5. The highest BCUT2D eigenvalue weighted by molar-refractivity contribution is 7.68. The highest BCUT2D eigenvalue weighted by atomic mass is 31.2. The molecule has 0 aliphatic carbocycles. The summed E-state index contributed by atoms with van der Waals surface area (Å²) in [5.74, 6) is 0.862. The SMILES string of the molecule is CC1CN2CC(C)O[P+]2(C)C1. The summed E-state index contributed by atoms with van der Waals surface area (Å²) in [6.07, 6.45) is 1.80. The number of rotatable bonds is 0. The van der Waals surface area contributed by atoms with E-state index in [4.69, 9.17) is 4.52 Å². The van der Waals surface area contributed by atoms with Crippen molar-refractivity contribution in [1.29, 1.82) is 0 Å². The van der Waals surface area contributed by atoms with Gasteiger partial charge in [-0.15, -0.1) is 0 Å². The Kier molecular flexibility index (Phi) is 1.75. The van der Waals surface area contributed by atoms with Crippen LogP contribution in [-0.4, -0.2) is 36.7 Å². The molecule has 0 spiro atoms. The Balaban J connectivity index is 2.13. The summed E-state index contributed by atoms with van der Waals surface area (Å²) in [6.45, 7) is 9.30. The van der Waals surface area contributed by atoms with Gasteiger partial charge in [0.15, 0.2) is 0 Å². The molecular formula is C8H17NOP+. The minimum Gasteiger partial charge on any atom is -0.215 e. The number of fused-ring (bicyclic) bond motifs is 1. The van der Waals surface area contributed by atoms with Gasteiger partial charge in [-0.25, -0.2) is 4.52 Å². The van der Waals surface area contributed by atoms with Crippen molar-refractivity contribution in [2.75, 3.05) is 25.9 Å². The monoisotopic (exact) mass is 174 g/mol. The average molecular weight is 174 g/mol. The van der Waals surface area contributed by atoms with E-state index in [0.717, 1.165) is 5.92 Å². The second-order valence-corrected chi connectivity index (χ2v) is 7.37. The number of hydrogen-bond donors (Lipinski definition) is 0. The van der Waals surface area contributed by atoms with Gasteiger partial charge in [-0.1, -0.05) is 6.92 Å². The van der Waals surface area contributed by atoms with Crippen molar-refractivity contribution in [3.05, 3.63) is 0 Å². The first-order valence-corrected chi connectivity index (χ1v) is 6.69. The summed E-state index contributed by atoms with van der Waals surface area (Å²) < 4.78 is 8.57. The Morgan fingerprint density at radius 1 is 1.36 bits per heavy atom. The molecular weight excluding hydrogens is 157 g/mol. The molecule has 3 unspecified atom stereocenters. The molecule has 2 heterocycles. The molecule has 0 N–H and O–H groups in total. The summed E-state index contributed by atoms with van der Waals surface area (Å²) in [5, 5.41) is 0. The van der Waals surface area contributed by atoms with Crippen LogP contribution >= 0.6 is 7.64 Å². The van der Waals surface area contributed by atoms with Crippen molar-refractivity contribution in [2.45, 2.75) is 20.0 Å². The maximum atomic E-state index is 5.98. The van der Waals surface area contributed by atoms with Crippen LogP contribution in [0.15, 0.2) is 0 Å².